The number of aromatic nitrogens is 2. The van der Waals surface area contributed by atoms with Gasteiger partial charge in [-0.3, -0.25) is 0 Å². The minimum atomic E-state index is 0.448. The van der Waals surface area contributed by atoms with Gasteiger partial charge in [0, 0.05) is 11.1 Å². The van der Waals surface area contributed by atoms with Crippen molar-refractivity contribution < 1.29 is 0 Å². The molecule has 0 N–H and O–H groups in total. The Morgan fingerprint density at radius 1 is 1.28 bits per heavy atom. The topological polar surface area (TPSA) is 49.6 Å². The van der Waals surface area contributed by atoms with Crippen LogP contribution in [0.5, 0.6) is 0 Å². The molecule has 2 rings (SSSR count). The first-order valence-electron chi connectivity index (χ1n) is 4.97. The lowest BCUT2D eigenvalue weighted by atomic mass is 10.2. The summed E-state index contributed by atoms with van der Waals surface area (Å²) in [5.74, 6) is 0. The number of nitriles is 1. The summed E-state index contributed by atoms with van der Waals surface area (Å²) in [5.41, 5.74) is 0.638. The molecular formula is C12H8ClN3S2. The molecule has 2 aromatic rings. The van der Waals surface area contributed by atoms with Gasteiger partial charge in [-0.05, 0) is 30.5 Å². The molecule has 3 nitrogen and oxygen atoms in total. The lowest BCUT2D eigenvalue weighted by molar-refractivity contribution is 0.933. The molecule has 0 saturated heterocycles. The van der Waals surface area contributed by atoms with Crippen LogP contribution in [0.3, 0.4) is 0 Å². The number of benzene rings is 1. The molecule has 0 aliphatic carbocycles. The third kappa shape index (κ3) is 3.16. The van der Waals surface area contributed by atoms with Crippen LogP contribution in [0, 0.1) is 11.3 Å². The zero-order valence-electron chi connectivity index (χ0n) is 9.42. The summed E-state index contributed by atoms with van der Waals surface area (Å²) in [7, 11) is 0. The van der Waals surface area contributed by atoms with Gasteiger partial charge in [-0.25, -0.2) is 9.97 Å². The van der Waals surface area contributed by atoms with E-state index < -0.39 is 0 Å². The molecule has 90 valence electrons. The van der Waals surface area contributed by atoms with Crippen molar-refractivity contribution in [2.45, 2.75) is 14.9 Å². The Morgan fingerprint density at radius 3 is 2.56 bits per heavy atom. The van der Waals surface area contributed by atoms with E-state index in [0.717, 1.165) is 9.79 Å². The molecule has 1 aromatic heterocycles. The number of hydrogen-bond acceptors (Lipinski definition) is 5. The Bertz CT molecular complexity index is 593. The fraction of sp³-hybridized carbons (Fsp3) is 0.0833. The first kappa shape index (κ1) is 13.2. The lowest BCUT2D eigenvalue weighted by Crippen LogP contribution is -1.88. The molecule has 0 saturated carbocycles. The first-order valence-corrected chi connectivity index (χ1v) is 7.39. The second-order valence-corrected chi connectivity index (χ2v) is 5.50. The van der Waals surface area contributed by atoms with Gasteiger partial charge in [-0.15, -0.1) is 0 Å². The molecule has 6 heteroatoms. The van der Waals surface area contributed by atoms with Crippen molar-refractivity contribution in [2.75, 3.05) is 6.26 Å². The monoisotopic (exact) mass is 293 g/mol. The molecule has 0 atom stereocenters. The van der Waals surface area contributed by atoms with Gasteiger partial charge in [-0.1, -0.05) is 35.1 Å². The molecule has 0 amide bonds. The summed E-state index contributed by atoms with van der Waals surface area (Å²) in [5, 5.41) is 9.82. The van der Waals surface area contributed by atoms with Gasteiger partial charge in [-0.2, -0.15) is 5.26 Å². The van der Waals surface area contributed by atoms with Gasteiger partial charge in [0.05, 0.1) is 16.5 Å². The molecule has 1 heterocycles. The molecule has 0 radical (unpaired) electrons. The van der Waals surface area contributed by atoms with Gasteiger partial charge < -0.3 is 0 Å². The second-order valence-electron chi connectivity index (χ2n) is 3.25. The second kappa shape index (κ2) is 6.10. The summed E-state index contributed by atoms with van der Waals surface area (Å²) in [6.07, 6.45) is 3.61. The van der Waals surface area contributed by atoms with Crippen LogP contribution in [0.15, 0.2) is 45.4 Å². The quantitative estimate of drug-likeness (QED) is 0.488. The van der Waals surface area contributed by atoms with E-state index in [1.165, 1.54) is 23.5 Å². The summed E-state index contributed by atoms with van der Waals surface area (Å²) >= 11 is 9.01. The van der Waals surface area contributed by atoms with Crippen LogP contribution in [0.2, 0.25) is 5.15 Å². The van der Waals surface area contributed by atoms with Crippen LogP contribution in [-0.4, -0.2) is 16.2 Å². The Kier molecular flexibility index (Phi) is 4.48. The van der Waals surface area contributed by atoms with Crippen LogP contribution in [0.4, 0.5) is 0 Å². The van der Waals surface area contributed by atoms with E-state index in [4.69, 9.17) is 16.9 Å². The molecular weight excluding hydrogens is 286 g/mol. The van der Waals surface area contributed by atoms with Gasteiger partial charge in [0.15, 0.2) is 5.16 Å². The van der Waals surface area contributed by atoms with Gasteiger partial charge in [0.1, 0.15) is 5.15 Å². The van der Waals surface area contributed by atoms with Gasteiger partial charge in [0.25, 0.3) is 0 Å². The van der Waals surface area contributed by atoms with Crippen LogP contribution in [0.1, 0.15) is 5.56 Å². The van der Waals surface area contributed by atoms with Crippen molar-refractivity contribution in [1.29, 1.82) is 5.26 Å². The third-order valence-corrected chi connectivity index (χ3v) is 4.07. The standard InChI is InChI=1S/C12H8ClN3S2/c1-17-12-15-7-10(11(13)16-12)18-9-4-2-8(6-14)3-5-9/h2-5,7H,1H3. The Labute approximate surface area is 119 Å². The van der Waals surface area contributed by atoms with E-state index in [-0.39, 0.29) is 0 Å². The van der Waals surface area contributed by atoms with Crippen molar-refractivity contribution in [3.8, 4) is 6.07 Å². The number of rotatable bonds is 3. The average Bonchev–Trinajstić information content (AvgIpc) is 2.42. The number of nitrogens with zero attached hydrogens (tertiary/aromatic N) is 3. The normalized spacial score (nSPS) is 10.1. The predicted molar refractivity (Wildman–Crippen MR) is 74.1 cm³/mol. The van der Waals surface area contributed by atoms with Crippen molar-refractivity contribution >= 4 is 35.1 Å². The van der Waals surface area contributed by atoms with E-state index in [2.05, 4.69) is 16.0 Å². The smallest absolute Gasteiger partial charge is 0.188 e. The first-order chi connectivity index (χ1) is 8.72. The summed E-state index contributed by atoms with van der Waals surface area (Å²) in [6, 6.07) is 9.38. The highest BCUT2D eigenvalue weighted by atomic mass is 35.5. The third-order valence-electron chi connectivity index (χ3n) is 2.08. The Morgan fingerprint density at radius 2 is 2.00 bits per heavy atom. The molecule has 0 unspecified atom stereocenters. The van der Waals surface area contributed by atoms with Crippen LogP contribution in [0.25, 0.3) is 0 Å². The molecule has 1 aromatic carbocycles. The van der Waals surface area contributed by atoms with Crippen molar-refractivity contribution in [2.24, 2.45) is 0 Å². The fourth-order valence-electron chi connectivity index (χ4n) is 1.23. The van der Waals surface area contributed by atoms with Crippen molar-refractivity contribution in [1.82, 2.24) is 9.97 Å². The minimum Gasteiger partial charge on any atom is -0.230 e. The van der Waals surface area contributed by atoms with Gasteiger partial charge >= 0.3 is 0 Å². The maximum atomic E-state index is 8.72. The largest absolute Gasteiger partial charge is 0.230 e. The van der Waals surface area contributed by atoms with E-state index >= 15 is 0 Å². The Balaban J connectivity index is 2.20. The van der Waals surface area contributed by atoms with Gasteiger partial charge in [0.2, 0.25) is 0 Å². The maximum absolute atomic E-state index is 8.72. The van der Waals surface area contributed by atoms with Crippen molar-refractivity contribution in [3.05, 3.63) is 41.2 Å². The summed E-state index contributed by atoms with van der Waals surface area (Å²) in [6.45, 7) is 0. The highest BCUT2D eigenvalue weighted by Crippen LogP contribution is 2.32. The molecule has 18 heavy (non-hydrogen) atoms. The van der Waals surface area contributed by atoms with Crippen LogP contribution >= 0.6 is 35.1 Å². The molecule has 0 spiro atoms. The SMILES string of the molecule is CSc1ncc(Sc2ccc(C#N)cc2)c(Cl)n1. The van der Waals surface area contributed by atoms with Crippen LogP contribution < -0.4 is 0 Å². The zero-order chi connectivity index (χ0) is 13.0. The molecule has 0 aliphatic rings. The summed E-state index contributed by atoms with van der Waals surface area (Å²) in [4.78, 5) is 10.1. The van der Waals surface area contributed by atoms with E-state index in [1.54, 1.807) is 18.3 Å². The predicted octanol–water partition coefficient (Wildman–Crippen LogP) is 3.87. The molecule has 0 aliphatic heterocycles. The summed E-state index contributed by atoms with van der Waals surface area (Å²) < 4.78 is 0. The number of thioether (sulfide) groups is 1. The Hall–Kier alpha value is -1.22. The van der Waals surface area contributed by atoms with Crippen molar-refractivity contribution in [3.63, 3.8) is 0 Å². The number of hydrogen-bond donors (Lipinski definition) is 0. The van der Waals surface area contributed by atoms with E-state index in [9.17, 15) is 0 Å². The minimum absolute atomic E-state index is 0.448. The highest BCUT2D eigenvalue weighted by molar-refractivity contribution is 7.99. The average molecular weight is 294 g/mol. The fourth-order valence-corrected chi connectivity index (χ4v) is 2.62. The number of halogens is 1. The maximum Gasteiger partial charge on any atom is 0.188 e. The highest BCUT2D eigenvalue weighted by Gasteiger charge is 2.06. The molecule has 0 fully saturated rings. The molecule has 0 bridgehead atoms. The van der Waals surface area contributed by atoms with E-state index in [1.807, 2.05) is 18.4 Å². The van der Waals surface area contributed by atoms with Crippen LogP contribution in [-0.2, 0) is 0 Å². The zero-order valence-corrected chi connectivity index (χ0v) is 11.8. The van der Waals surface area contributed by atoms with E-state index in [0.29, 0.717) is 15.9 Å². The lowest BCUT2D eigenvalue weighted by Gasteiger charge is -2.04.